The number of nitrogens with one attached hydrogen (secondary N) is 1. The number of nitrogens with zero attached hydrogens (tertiary/aromatic N) is 2. The van der Waals surface area contributed by atoms with Gasteiger partial charge in [0.2, 0.25) is 0 Å². The first-order chi connectivity index (χ1) is 14.3. The van der Waals surface area contributed by atoms with E-state index < -0.39 is 13.2 Å². The minimum Gasteiger partial charge on any atom is -0.378 e. The summed E-state index contributed by atoms with van der Waals surface area (Å²) in [6.07, 6.45) is 0. The largest absolute Gasteiger partial charge is 0.378 e. The lowest BCUT2D eigenvalue weighted by molar-refractivity contribution is 0.396. The Bertz CT molecular complexity index is 987. The highest BCUT2D eigenvalue weighted by molar-refractivity contribution is 7.67. The number of benzene rings is 3. The van der Waals surface area contributed by atoms with E-state index in [-0.39, 0.29) is 0 Å². The van der Waals surface area contributed by atoms with E-state index in [2.05, 4.69) is 5.32 Å². The molecule has 158 valence electrons. The van der Waals surface area contributed by atoms with Crippen LogP contribution in [0.5, 0.6) is 0 Å². The van der Waals surface area contributed by atoms with Gasteiger partial charge in [-0.15, -0.1) is 0 Å². The average Bonchev–Trinajstić information content (AvgIpc) is 2.78. The van der Waals surface area contributed by atoms with Gasteiger partial charge in [-0.1, -0.05) is 30.3 Å². The van der Waals surface area contributed by atoms with Gasteiger partial charge < -0.3 is 19.6 Å². The van der Waals surface area contributed by atoms with Crippen molar-refractivity contribution < 1.29 is 9.09 Å². The van der Waals surface area contributed by atoms with Crippen LogP contribution >= 0.6 is 7.37 Å². The van der Waals surface area contributed by atoms with Gasteiger partial charge in [0.1, 0.15) is 5.78 Å². The predicted octanol–water partition coefficient (Wildman–Crippen LogP) is 5.18. The molecular weight excluding hydrogens is 393 g/mol. The molecule has 0 aliphatic rings. The van der Waals surface area contributed by atoms with Crippen molar-refractivity contribution in [3.05, 3.63) is 84.4 Å². The molecule has 3 rings (SSSR count). The van der Waals surface area contributed by atoms with Gasteiger partial charge in [0, 0.05) is 57.7 Å². The van der Waals surface area contributed by atoms with E-state index in [0.717, 1.165) is 22.6 Å². The normalized spacial score (nSPS) is 13.9. The second kappa shape index (κ2) is 9.38. The first-order valence-corrected chi connectivity index (χ1v) is 11.6. The summed E-state index contributed by atoms with van der Waals surface area (Å²) in [5.41, 5.74) is 3.93. The maximum atomic E-state index is 14.3. The molecule has 0 spiro atoms. The molecule has 3 aromatic carbocycles. The van der Waals surface area contributed by atoms with Crippen molar-refractivity contribution in [2.45, 2.75) is 5.78 Å². The molecule has 3 aromatic rings. The highest BCUT2D eigenvalue weighted by Crippen LogP contribution is 2.58. The van der Waals surface area contributed by atoms with Crippen LogP contribution in [0.4, 0.5) is 17.1 Å². The predicted molar refractivity (Wildman–Crippen MR) is 129 cm³/mol. The average molecular weight is 423 g/mol. The third-order valence-electron chi connectivity index (χ3n) is 5.14. The fourth-order valence-corrected chi connectivity index (χ4v) is 5.50. The highest BCUT2D eigenvalue weighted by Gasteiger charge is 2.37. The van der Waals surface area contributed by atoms with Crippen LogP contribution in [0.1, 0.15) is 11.3 Å². The van der Waals surface area contributed by atoms with Crippen molar-refractivity contribution in [1.82, 2.24) is 0 Å². The molecule has 0 heterocycles. The zero-order valence-electron chi connectivity index (χ0n) is 18.2. The van der Waals surface area contributed by atoms with Crippen LogP contribution in [0.2, 0.25) is 0 Å². The van der Waals surface area contributed by atoms with Gasteiger partial charge in [-0.2, -0.15) is 0 Å². The first-order valence-electron chi connectivity index (χ1n) is 9.87. The molecule has 30 heavy (non-hydrogen) atoms. The first kappa shape index (κ1) is 21.9. The summed E-state index contributed by atoms with van der Waals surface area (Å²) in [5.74, 6) is -0.522. The standard InChI is InChI=1S/C24H30N3O2P/c1-26(2)21-13-11-19(12-14-21)24(25-20-9-7-6-8-10-20)30(28,29-5)23-17-15-22(16-18-23)27(3)4/h6-18,24-25H,1-5H3. The summed E-state index contributed by atoms with van der Waals surface area (Å²) >= 11 is 0. The number of para-hydroxylation sites is 1. The van der Waals surface area contributed by atoms with E-state index in [0.29, 0.717) is 5.30 Å². The molecule has 0 saturated heterocycles. The minimum atomic E-state index is -3.28. The molecule has 0 aliphatic carbocycles. The molecule has 0 bridgehead atoms. The van der Waals surface area contributed by atoms with Crippen LogP contribution < -0.4 is 20.4 Å². The van der Waals surface area contributed by atoms with Gasteiger partial charge in [-0.25, -0.2) is 0 Å². The molecule has 6 heteroatoms. The molecule has 0 saturated carbocycles. The second-order valence-corrected chi connectivity index (χ2v) is 10.2. The Morgan fingerprint density at radius 3 is 1.73 bits per heavy atom. The molecule has 0 fully saturated rings. The lowest BCUT2D eigenvalue weighted by atomic mass is 10.2. The van der Waals surface area contributed by atoms with Crippen molar-refractivity contribution >= 4 is 29.7 Å². The number of hydrogen-bond acceptors (Lipinski definition) is 5. The van der Waals surface area contributed by atoms with Crippen molar-refractivity contribution in [3.63, 3.8) is 0 Å². The number of anilines is 3. The van der Waals surface area contributed by atoms with Gasteiger partial charge in [0.05, 0.1) is 0 Å². The fourth-order valence-electron chi connectivity index (χ4n) is 3.33. The smallest absolute Gasteiger partial charge is 0.257 e. The third kappa shape index (κ3) is 4.69. The summed E-state index contributed by atoms with van der Waals surface area (Å²) in [5, 5.41) is 4.14. The van der Waals surface area contributed by atoms with E-state index in [9.17, 15) is 4.57 Å². The maximum absolute atomic E-state index is 14.3. The van der Waals surface area contributed by atoms with E-state index in [1.54, 1.807) is 0 Å². The van der Waals surface area contributed by atoms with Gasteiger partial charge in [0.15, 0.2) is 0 Å². The Hall–Kier alpha value is -2.75. The Morgan fingerprint density at radius 2 is 1.27 bits per heavy atom. The third-order valence-corrected chi connectivity index (χ3v) is 7.81. The summed E-state index contributed by atoms with van der Waals surface area (Å²) in [6.45, 7) is 0. The lowest BCUT2D eigenvalue weighted by Crippen LogP contribution is -2.20. The van der Waals surface area contributed by atoms with Crippen LogP contribution in [0.15, 0.2) is 78.9 Å². The number of hydrogen-bond donors (Lipinski definition) is 1. The summed E-state index contributed by atoms with van der Waals surface area (Å²) < 4.78 is 20.0. The lowest BCUT2D eigenvalue weighted by Gasteiger charge is -2.29. The Morgan fingerprint density at radius 1 is 0.767 bits per heavy atom. The Labute approximate surface area is 179 Å². The van der Waals surface area contributed by atoms with Crippen LogP contribution in [0.25, 0.3) is 0 Å². The summed E-state index contributed by atoms with van der Waals surface area (Å²) in [4.78, 5) is 4.06. The molecule has 1 N–H and O–H groups in total. The maximum Gasteiger partial charge on any atom is 0.257 e. The van der Waals surface area contributed by atoms with E-state index in [4.69, 9.17) is 4.52 Å². The van der Waals surface area contributed by atoms with Crippen LogP contribution in [-0.4, -0.2) is 35.3 Å². The highest BCUT2D eigenvalue weighted by atomic mass is 31.2. The van der Waals surface area contributed by atoms with Gasteiger partial charge in [-0.3, -0.25) is 4.57 Å². The van der Waals surface area contributed by atoms with Crippen molar-refractivity contribution in [2.24, 2.45) is 0 Å². The molecule has 0 aromatic heterocycles. The van der Waals surface area contributed by atoms with Crippen LogP contribution in [-0.2, 0) is 9.09 Å². The Kier molecular flexibility index (Phi) is 6.86. The van der Waals surface area contributed by atoms with E-state index in [1.165, 1.54) is 7.11 Å². The van der Waals surface area contributed by atoms with Gasteiger partial charge >= 0.3 is 0 Å². The van der Waals surface area contributed by atoms with Crippen LogP contribution in [0.3, 0.4) is 0 Å². The second-order valence-electron chi connectivity index (χ2n) is 7.59. The number of rotatable bonds is 8. The van der Waals surface area contributed by atoms with E-state index >= 15 is 0 Å². The van der Waals surface area contributed by atoms with Gasteiger partial charge in [-0.05, 0) is 54.1 Å². The molecule has 0 radical (unpaired) electrons. The fraction of sp³-hybridized carbons (Fsp3) is 0.250. The van der Waals surface area contributed by atoms with Crippen LogP contribution in [0, 0.1) is 0 Å². The molecule has 2 unspecified atom stereocenters. The quantitative estimate of drug-likeness (QED) is 0.506. The zero-order chi connectivity index (χ0) is 21.7. The monoisotopic (exact) mass is 423 g/mol. The summed E-state index contributed by atoms with van der Waals surface area (Å²) in [6, 6.07) is 25.6. The molecule has 5 nitrogen and oxygen atoms in total. The minimum absolute atomic E-state index is 0.522. The summed E-state index contributed by atoms with van der Waals surface area (Å²) in [7, 11) is 6.21. The zero-order valence-corrected chi connectivity index (χ0v) is 19.1. The van der Waals surface area contributed by atoms with Gasteiger partial charge in [0.25, 0.3) is 7.37 Å². The Balaban J connectivity index is 2.07. The molecule has 0 aliphatic heterocycles. The van der Waals surface area contributed by atoms with E-state index in [1.807, 2.05) is 117 Å². The SMILES string of the molecule is COP(=O)(c1ccc(N(C)C)cc1)C(Nc1ccccc1)c1ccc(N(C)C)cc1. The molecule has 2 atom stereocenters. The molecular formula is C24H30N3O2P. The molecule has 0 amide bonds. The van der Waals surface area contributed by atoms with Crippen molar-refractivity contribution in [3.8, 4) is 0 Å². The van der Waals surface area contributed by atoms with Crippen molar-refractivity contribution in [1.29, 1.82) is 0 Å². The van der Waals surface area contributed by atoms with Crippen molar-refractivity contribution in [2.75, 3.05) is 50.4 Å². The topological polar surface area (TPSA) is 44.8 Å².